The maximum Gasteiger partial charge on any atom is 0.258 e. The van der Waals surface area contributed by atoms with Gasteiger partial charge in [-0.1, -0.05) is 11.2 Å². The van der Waals surface area contributed by atoms with Gasteiger partial charge in [0.05, 0.1) is 17.9 Å². The van der Waals surface area contributed by atoms with Crippen LogP contribution in [0, 0.1) is 12.7 Å². The van der Waals surface area contributed by atoms with Crippen LogP contribution in [0.5, 0.6) is 0 Å². The summed E-state index contributed by atoms with van der Waals surface area (Å²) in [6.45, 7) is 3.68. The maximum absolute atomic E-state index is 14.5. The molecule has 0 spiro atoms. The van der Waals surface area contributed by atoms with Gasteiger partial charge in [0.2, 0.25) is 0 Å². The van der Waals surface area contributed by atoms with Crippen LogP contribution in [-0.2, 0) is 19.5 Å². The number of aromatic nitrogens is 3. The summed E-state index contributed by atoms with van der Waals surface area (Å²) in [5.74, 6) is -0.983. The molecule has 2 aromatic carbocycles. The number of pyridine rings is 1. The molecule has 0 atom stereocenters. The maximum atomic E-state index is 14.5. The third-order valence-electron chi connectivity index (χ3n) is 6.75. The molecule has 8 nitrogen and oxygen atoms in total. The number of nitrogens with zero attached hydrogens (tertiary/aromatic N) is 4. The lowest BCUT2D eigenvalue weighted by atomic mass is 10.0. The normalized spacial score (nSPS) is 13.6. The standard InChI is InChI=1S/C28H24FN5O3S/c1-16-23(15-37-32-16)18-3-4-22-19(11-18)5-8-34(27(22)36)13-17-9-20(12-21(29)10-17)26(35)31-28-30-24-14-33(2)7-6-25(24)38-28/h3-5,8-12,15H,6-7,13-14H2,1-2H3,(H,30,31,35). The first kappa shape index (κ1) is 24.2. The summed E-state index contributed by atoms with van der Waals surface area (Å²) < 4.78 is 21.1. The molecule has 1 N–H and O–H groups in total. The van der Waals surface area contributed by atoms with Gasteiger partial charge in [0.15, 0.2) is 5.13 Å². The van der Waals surface area contributed by atoms with Gasteiger partial charge >= 0.3 is 0 Å². The second kappa shape index (κ2) is 9.62. The van der Waals surface area contributed by atoms with E-state index >= 15 is 0 Å². The zero-order chi connectivity index (χ0) is 26.4. The molecule has 4 heterocycles. The number of carbonyl (C=O) groups excluding carboxylic acids is 1. The molecule has 1 amide bonds. The number of benzene rings is 2. The second-order valence-corrected chi connectivity index (χ2v) is 10.6. The van der Waals surface area contributed by atoms with Crippen molar-refractivity contribution in [2.24, 2.45) is 0 Å². The Kier molecular flexibility index (Phi) is 6.13. The Morgan fingerprint density at radius 1 is 1.21 bits per heavy atom. The number of aryl methyl sites for hydroxylation is 1. The average Bonchev–Trinajstić information content (AvgIpc) is 3.50. The number of thiazole rings is 1. The fraction of sp³-hybridized carbons (Fsp3) is 0.214. The van der Waals surface area contributed by atoms with E-state index in [1.165, 1.54) is 28.0 Å². The van der Waals surface area contributed by atoms with Crippen molar-refractivity contribution in [2.75, 3.05) is 18.9 Å². The van der Waals surface area contributed by atoms with E-state index in [-0.39, 0.29) is 17.7 Å². The molecule has 38 heavy (non-hydrogen) atoms. The molecular formula is C28H24FN5O3S. The van der Waals surface area contributed by atoms with E-state index in [9.17, 15) is 14.0 Å². The van der Waals surface area contributed by atoms with Gasteiger partial charge in [0.25, 0.3) is 11.5 Å². The number of hydrogen-bond acceptors (Lipinski definition) is 7. The molecule has 0 fully saturated rings. The Labute approximate surface area is 221 Å². The minimum atomic E-state index is -0.546. The number of amides is 1. The van der Waals surface area contributed by atoms with E-state index in [2.05, 4.69) is 20.4 Å². The summed E-state index contributed by atoms with van der Waals surface area (Å²) in [5, 5.41) is 8.55. The Morgan fingerprint density at radius 3 is 2.89 bits per heavy atom. The summed E-state index contributed by atoms with van der Waals surface area (Å²) >= 11 is 1.46. The molecule has 0 saturated carbocycles. The molecule has 0 bridgehead atoms. The van der Waals surface area contributed by atoms with Crippen LogP contribution in [0.3, 0.4) is 0 Å². The van der Waals surface area contributed by atoms with Crippen molar-refractivity contribution >= 4 is 33.1 Å². The van der Waals surface area contributed by atoms with Crippen LogP contribution >= 0.6 is 11.3 Å². The fourth-order valence-electron chi connectivity index (χ4n) is 4.77. The van der Waals surface area contributed by atoms with Gasteiger partial charge in [0.1, 0.15) is 12.1 Å². The van der Waals surface area contributed by atoms with Crippen LogP contribution in [0.15, 0.2) is 64.2 Å². The van der Waals surface area contributed by atoms with Gasteiger partial charge < -0.3 is 14.0 Å². The molecule has 0 unspecified atom stereocenters. The van der Waals surface area contributed by atoms with Crippen molar-refractivity contribution in [1.82, 2.24) is 19.6 Å². The highest BCUT2D eigenvalue weighted by Gasteiger charge is 2.20. The number of halogens is 1. The second-order valence-electron chi connectivity index (χ2n) is 9.54. The van der Waals surface area contributed by atoms with Crippen LogP contribution in [0.2, 0.25) is 0 Å². The Balaban J connectivity index is 1.24. The van der Waals surface area contributed by atoms with E-state index < -0.39 is 11.7 Å². The van der Waals surface area contributed by atoms with Crippen LogP contribution in [0.4, 0.5) is 9.52 Å². The van der Waals surface area contributed by atoms with Crippen LogP contribution in [0.25, 0.3) is 21.9 Å². The molecule has 1 aliphatic heterocycles. The highest BCUT2D eigenvalue weighted by Crippen LogP contribution is 2.28. The number of hydrogen-bond donors (Lipinski definition) is 1. The van der Waals surface area contributed by atoms with Gasteiger partial charge in [-0.15, -0.1) is 11.3 Å². The molecule has 192 valence electrons. The quantitative estimate of drug-likeness (QED) is 0.350. The van der Waals surface area contributed by atoms with Crippen LogP contribution in [-0.4, -0.2) is 39.1 Å². The molecular weight excluding hydrogens is 505 g/mol. The number of anilines is 1. The summed E-state index contributed by atoms with van der Waals surface area (Å²) in [6.07, 6.45) is 4.15. The molecule has 5 aromatic rings. The van der Waals surface area contributed by atoms with Crippen molar-refractivity contribution in [3.8, 4) is 11.1 Å². The monoisotopic (exact) mass is 529 g/mol. The Hall–Kier alpha value is -4.15. The first-order chi connectivity index (χ1) is 18.3. The summed E-state index contributed by atoms with van der Waals surface area (Å²) in [5.41, 5.74) is 3.99. The van der Waals surface area contributed by atoms with Crippen molar-refractivity contribution in [3.05, 3.63) is 98.5 Å². The lowest BCUT2D eigenvalue weighted by Crippen LogP contribution is -2.25. The predicted octanol–water partition coefficient (Wildman–Crippen LogP) is 4.85. The number of rotatable bonds is 5. The summed E-state index contributed by atoms with van der Waals surface area (Å²) in [7, 11) is 2.03. The van der Waals surface area contributed by atoms with Gasteiger partial charge in [-0.05, 0) is 73.3 Å². The van der Waals surface area contributed by atoms with E-state index in [1.807, 2.05) is 32.2 Å². The zero-order valence-corrected chi connectivity index (χ0v) is 21.6. The van der Waals surface area contributed by atoms with Crippen molar-refractivity contribution in [1.29, 1.82) is 0 Å². The van der Waals surface area contributed by atoms with Gasteiger partial charge in [-0.2, -0.15) is 0 Å². The van der Waals surface area contributed by atoms with Gasteiger partial charge in [-0.3, -0.25) is 14.9 Å². The van der Waals surface area contributed by atoms with Gasteiger partial charge in [0, 0.05) is 40.7 Å². The van der Waals surface area contributed by atoms with Crippen LogP contribution in [0.1, 0.15) is 32.2 Å². The largest absolute Gasteiger partial charge is 0.364 e. The third-order valence-corrected chi connectivity index (χ3v) is 7.82. The molecule has 10 heteroatoms. The topological polar surface area (TPSA) is 93.3 Å². The van der Waals surface area contributed by atoms with E-state index in [4.69, 9.17) is 4.52 Å². The van der Waals surface area contributed by atoms with Crippen molar-refractivity contribution in [3.63, 3.8) is 0 Å². The lowest BCUT2D eigenvalue weighted by molar-refractivity contribution is 0.102. The minimum absolute atomic E-state index is 0.122. The summed E-state index contributed by atoms with van der Waals surface area (Å²) in [6, 6.07) is 11.5. The SMILES string of the molecule is Cc1nocc1-c1ccc2c(=O)n(Cc3cc(F)cc(C(=O)Nc4nc5c(s4)CCN(C)C5)c3)ccc2c1. The van der Waals surface area contributed by atoms with Crippen molar-refractivity contribution < 1.29 is 13.7 Å². The average molecular weight is 530 g/mol. The van der Waals surface area contributed by atoms with Gasteiger partial charge in [-0.25, -0.2) is 9.37 Å². The lowest BCUT2D eigenvalue weighted by Gasteiger charge is -2.20. The van der Waals surface area contributed by atoms with E-state index in [0.29, 0.717) is 16.1 Å². The number of carbonyl (C=O) groups is 1. The smallest absolute Gasteiger partial charge is 0.258 e. The predicted molar refractivity (Wildman–Crippen MR) is 144 cm³/mol. The highest BCUT2D eigenvalue weighted by atomic mass is 32.1. The first-order valence-electron chi connectivity index (χ1n) is 12.2. The highest BCUT2D eigenvalue weighted by molar-refractivity contribution is 7.15. The Bertz CT molecular complexity index is 1760. The zero-order valence-electron chi connectivity index (χ0n) is 20.8. The molecule has 3 aromatic heterocycles. The fourth-order valence-corrected chi connectivity index (χ4v) is 5.73. The third kappa shape index (κ3) is 4.64. The number of nitrogens with one attached hydrogen (secondary N) is 1. The van der Waals surface area contributed by atoms with E-state index in [1.54, 1.807) is 24.6 Å². The number of fused-ring (bicyclic) bond motifs is 2. The van der Waals surface area contributed by atoms with Crippen molar-refractivity contribution in [2.45, 2.75) is 26.4 Å². The Morgan fingerprint density at radius 2 is 2.08 bits per heavy atom. The molecule has 0 radical (unpaired) electrons. The molecule has 0 aliphatic carbocycles. The number of likely N-dealkylation sites (N-methyl/N-ethyl adjacent to an activating group) is 1. The molecule has 0 saturated heterocycles. The molecule has 1 aliphatic rings. The van der Waals surface area contributed by atoms with Crippen LogP contribution < -0.4 is 10.9 Å². The minimum Gasteiger partial charge on any atom is -0.364 e. The van der Waals surface area contributed by atoms with E-state index in [0.717, 1.165) is 52.3 Å². The summed E-state index contributed by atoms with van der Waals surface area (Å²) in [4.78, 5) is 34.0. The molecule has 6 rings (SSSR count). The first-order valence-corrected chi connectivity index (χ1v) is 13.0.